The molecule has 0 unspecified atom stereocenters. The summed E-state index contributed by atoms with van der Waals surface area (Å²) in [4.78, 5) is 11.3. The van der Waals surface area contributed by atoms with Crippen LogP contribution in [0, 0.1) is 17.1 Å². The third-order valence-corrected chi connectivity index (χ3v) is 2.31. The van der Waals surface area contributed by atoms with Crippen LogP contribution in [0.5, 0.6) is 0 Å². The Morgan fingerprint density at radius 1 is 1.59 bits per heavy atom. The second-order valence-electron chi connectivity index (χ2n) is 3.36. The zero-order chi connectivity index (χ0) is 12.8. The summed E-state index contributed by atoms with van der Waals surface area (Å²) >= 11 is 0. The van der Waals surface area contributed by atoms with Gasteiger partial charge in [0.05, 0.1) is 18.6 Å². The molecular formula is C12H13FN2O2. The van der Waals surface area contributed by atoms with Crippen molar-refractivity contribution in [3.8, 4) is 6.07 Å². The van der Waals surface area contributed by atoms with E-state index in [2.05, 4.69) is 0 Å². The van der Waals surface area contributed by atoms with Crippen LogP contribution in [0.15, 0.2) is 12.1 Å². The number of ether oxygens (including phenoxy) is 1. The Hall–Kier alpha value is -1.93. The number of carbonyl (C=O) groups excluding carboxylic acids is 1. The van der Waals surface area contributed by atoms with Crippen LogP contribution in [-0.4, -0.2) is 12.6 Å². The molecule has 0 saturated heterocycles. The first-order valence-corrected chi connectivity index (χ1v) is 5.20. The lowest BCUT2D eigenvalue weighted by Crippen LogP contribution is -2.13. The molecule has 0 heterocycles. The molecule has 0 aliphatic carbocycles. The Labute approximate surface area is 98.8 Å². The van der Waals surface area contributed by atoms with Crippen molar-refractivity contribution >= 4 is 5.97 Å². The van der Waals surface area contributed by atoms with Crippen LogP contribution >= 0.6 is 0 Å². The van der Waals surface area contributed by atoms with E-state index in [1.165, 1.54) is 6.07 Å². The summed E-state index contributed by atoms with van der Waals surface area (Å²) in [5.41, 5.74) is 6.02. The van der Waals surface area contributed by atoms with Crippen LogP contribution in [0.25, 0.3) is 0 Å². The van der Waals surface area contributed by atoms with Gasteiger partial charge in [-0.3, -0.25) is 4.79 Å². The second kappa shape index (κ2) is 5.97. The minimum Gasteiger partial charge on any atom is -0.466 e. The van der Waals surface area contributed by atoms with Gasteiger partial charge in [-0.1, -0.05) is 6.07 Å². The van der Waals surface area contributed by atoms with E-state index in [1.54, 1.807) is 19.1 Å². The number of nitrogens with zero attached hydrogens (tertiary/aromatic N) is 1. The maximum atomic E-state index is 13.8. The standard InChI is InChI=1S/C12H13FN2O2/c1-2-17-11(16)5-10-8(6-14)3-4-9(7-15)12(10)13/h3-4H,2,5-6,14H2,1H3. The van der Waals surface area contributed by atoms with E-state index in [9.17, 15) is 9.18 Å². The van der Waals surface area contributed by atoms with Crippen molar-refractivity contribution in [2.75, 3.05) is 6.61 Å². The fourth-order valence-corrected chi connectivity index (χ4v) is 1.49. The van der Waals surface area contributed by atoms with Gasteiger partial charge in [0.15, 0.2) is 0 Å². The van der Waals surface area contributed by atoms with E-state index in [4.69, 9.17) is 15.7 Å². The van der Waals surface area contributed by atoms with Crippen molar-refractivity contribution in [1.29, 1.82) is 5.26 Å². The van der Waals surface area contributed by atoms with Gasteiger partial charge in [-0.2, -0.15) is 5.26 Å². The minimum atomic E-state index is -0.691. The fraction of sp³-hybridized carbons (Fsp3) is 0.333. The molecule has 0 bridgehead atoms. The number of hydrogen-bond donors (Lipinski definition) is 1. The molecule has 1 aromatic carbocycles. The van der Waals surface area contributed by atoms with Gasteiger partial charge in [0.2, 0.25) is 0 Å². The molecule has 0 radical (unpaired) electrons. The predicted octanol–water partition coefficient (Wildman–Crippen LogP) is 1.26. The highest BCUT2D eigenvalue weighted by atomic mass is 19.1. The summed E-state index contributed by atoms with van der Waals surface area (Å²) in [6.45, 7) is 2.01. The number of nitrogens with two attached hydrogens (primary N) is 1. The van der Waals surface area contributed by atoms with E-state index >= 15 is 0 Å². The Balaban J connectivity index is 3.11. The van der Waals surface area contributed by atoms with Gasteiger partial charge < -0.3 is 10.5 Å². The van der Waals surface area contributed by atoms with Crippen LogP contribution in [0.2, 0.25) is 0 Å². The van der Waals surface area contributed by atoms with Crippen molar-refractivity contribution in [2.45, 2.75) is 19.9 Å². The molecule has 0 atom stereocenters. The molecule has 4 nitrogen and oxygen atoms in total. The molecule has 5 heteroatoms. The average molecular weight is 236 g/mol. The Morgan fingerprint density at radius 3 is 2.82 bits per heavy atom. The number of carbonyl (C=O) groups is 1. The summed E-state index contributed by atoms with van der Waals surface area (Å²) in [6.07, 6.45) is -0.207. The lowest BCUT2D eigenvalue weighted by atomic mass is 10.0. The predicted molar refractivity (Wildman–Crippen MR) is 59.3 cm³/mol. The summed E-state index contributed by atoms with van der Waals surface area (Å²) < 4.78 is 18.6. The monoisotopic (exact) mass is 236 g/mol. The van der Waals surface area contributed by atoms with E-state index in [1.807, 2.05) is 0 Å². The van der Waals surface area contributed by atoms with Gasteiger partial charge in [-0.25, -0.2) is 4.39 Å². The van der Waals surface area contributed by atoms with Crippen molar-refractivity contribution in [3.05, 3.63) is 34.6 Å². The molecule has 2 N–H and O–H groups in total. The Kier molecular flexibility index (Phi) is 4.61. The SMILES string of the molecule is CCOC(=O)Cc1c(CN)ccc(C#N)c1F. The zero-order valence-electron chi connectivity index (χ0n) is 9.50. The van der Waals surface area contributed by atoms with E-state index in [0.717, 1.165) is 0 Å². The molecule has 0 spiro atoms. The van der Waals surface area contributed by atoms with Gasteiger partial charge >= 0.3 is 5.97 Å². The quantitative estimate of drug-likeness (QED) is 0.798. The zero-order valence-corrected chi connectivity index (χ0v) is 9.50. The first-order valence-electron chi connectivity index (χ1n) is 5.20. The van der Waals surface area contributed by atoms with Crippen LogP contribution in [-0.2, 0) is 22.5 Å². The van der Waals surface area contributed by atoms with E-state index < -0.39 is 11.8 Å². The third-order valence-electron chi connectivity index (χ3n) is 2.31. The Bertz CT molecular complexity index is 466. The third kappa shape index (κ3) is 3.02. The van der Waals surface area contributed by atoms with Gasteiger partial charge in [0.25, 0.3) is 0 Å². The lowest BCUT2D eigenvalue weighted by molar-refractivity contribution is -0.142. The van der Waals surface area contributed by atoms with Crippen LogP contribution in [0.3, 0.4) is 0 Å². The maximum absolute atomic E-state index is 13.8. The van der Waals surface area contributed by atoms with Gasteiger partial charge in [0.1, 0.15) is 11.9 Å². The van der Waals surface area contributed by atoms with Crippen molar-refractivity contribution in [3.63, 3.8) is 0 Å². The molecule has 1 rings (SSSR count). The second-order valence-corrected chi connectivity index (χ2v) is 3.36. The molecule has 0 fully saturated rings. The average Bonchev–Trinajstić information content (AvgIpc) is 2.32. The first-order chi connectivity index (χ1) is 8.13. The molecular weight excluding hydrogens is 223 g/mol. The summed E-state index contributed by atoms with van der Waals surface area (Å²) in [5, 5.41) is 8.71. The highest BCUT2D eigenvalue weighted by Crippen LogP contribution is 2.18. The highest BCUT2D eigenvalue weighted by molar-refractivity contribution is 5.73. The van der Waals surface area contributed by atoms with Crippen LogP contribution < -0.4 is 5.73 Å². The van der Waals surface area contributed by atoms with Gasteiger partial charge in [0, 0.05) is 12.1 Å². The van der Waals surface area contributed by atoms with Gasteiger partial charge in [-0.05, 0) is 18.6 Å². The first kappa shape index (κ1) is 13.1. The van der Waals surface area contributed by atoms with E-state index in [-0.39, 0.29) is 30.7 Å². The lowest BCUT2D eigenvalue weighted by Gasteiger charge is -2.09. The molecule has 0 aliphatic heterocycles. The molecule has 0 amide bonds. The molecule has 90 valence electrons. The van der Waals surface area contributed by atoms with Crippen molar-refractivity contribution in [2.24, 2.45) is 5.73 Å². The largest absolute Gasteiger partial charge is 0.466 e. The highest BCUT2D eigenvalue weighted by Gasteiger charge is 2.16. The summed E-state index contributed by atoms with van der Waals surface area (Å²) in [5.74, 6) is -1.22. The smallest absolute Gasteiger partial charge is 0.310 e. The van der Waals surface area contributed by atoms with E-state index in [0.29, 0.717) is 5.56 Å². The van der Waals surface area contributed by atoms with Crippen molar-refractivity contribution in [1.82, 2.24) is 0 Å². The maximum Gasteiger partial charge on any atom is 0.310 e. The van der Waals surface area contributed by atoms with Crippen molar-refractivity contribution < 1.29 is 13.9 Å². The number of benzene rings is 1. The minimum absolute atomic E-state index is 0.0958. The molecule has 0 aliphatic rings. The fourth-order valence-electron chi connectivity index (χ4n) is 1.49. The number of halogens is 1. The Morgan fingerprint density at radius 2 is 2.29 bits per heavy atom. The number of hydrogen-bond acceptors (Lipinski definition) is 4. The molecule has 0 aromatic heterocycles. The van der Waals surface area contributed by atoms with Crippen LogP contribution in [0.1, 0.15) is 23.6 Å². The molecule has 1 aromatic rings. The number of nitriles is 1. The normalized spacial score (nSPS) is 9.76. The van der Waals surface area contributed by atoms with Gasteiger partial charge in [-0.15, -0.1) is 0 Å². The molecule has 17 heavy (non-hydrogen) atoms. The summed E-state index contributed by atoms with van der Waals surface area (Å²) in [7, 11) is 0. The van der Waals surface area contributed by atoms with Crippen LogP contribution in [0.4, 0.5) is 4.39 Å². The summed E-state index contributed by atoms with van der Waals surface area (Å²) in [6, 6.07) is 4.63. The molecule has 0 saturated carbocycles. The number of rotatable bonds is 4. The number of esters is 1. The topological polar surface area (TPSA) is 76.1 Å².